The first-order valence-electron chi connectivity index (χ1n) is 7.84. The average Bonchev–Trinajstić information content (AvgIpc) is 3.04. The maximum Gasteiger partial charge on any atom is 0.337 e. The molecule has 1 aromatic heterocycles. The lowest BCUT2D eigenvalue weighted by molar-refractivity contribution is 0.0698. The number of fused-ring (bicyclic) bond motifs is 1. The zero-order chi connectivity index (χ0) is 18.7. The Morgan fingerprint density at radius 3 is 2.81 bits per heavy atom. The lowest BCUT2D eigenvalue weighted by atomic mass is 10.1. The summed E-state index contributed by atoms with van der Waals surface area (Å²) in [5.41, 5.74) is 8.30. The number of hydrogen-bond donors (Lipinski definition) is 3. The Hall–Kier alpha value is -3.25. The number of carbonyl (C=O) groups is 1. The summed E-state index contributed by atoms with van der Waals surface area (Å²) in [5, 5.41) is 13.8. The molecule has 4 N–H and O–H groups in total. The van der Waals surface area contributed by atoms with E-state index in [1.165, 1.54) is 6.07 Å². The Bertz CT molecular complexity index is 1040. The third kappa shape index (κ3) is 3.55. The highest BCUT2D eigenvalue weighted by Gasteiger charge is 2.11. The van der Waals surface area contributed by atoms with Gasteiger partial charge in [0.15, 0.2) is 0 Å². The molecule has 0 spiro atoms. The fourth-order valence-electron chi connectivity index (χ4n) is 2.62. The van der Waals surface area contributed by atoms with Crippen LogP contribution in [0.3, 0.4) is 0 Å². The van der Waals surface area contributed by atoms with Crippen molar-refractivity contribution in [3.8, 4) is 0 Å². The standard InChI is InChI=1S/C19H17ClN4O2/c1-2-22-11-18(21)24-8-7-12-9-14(4-6-17(12)24)23-16-5-3-13(20)10-15(16)19(25)26/h2-11,23H,21H2,1H3,(H,25,26)/b18-11+,22-2?. The Morgan fingerprint density at radius 2 is 2.08 bits per heavy atom. The SMILES string of the molecule is CC=N/C=C(\N)n1ccc2cc(Nc3ccc(Cl)cc3C(=O)O)ccc21. The van der Waals surface area contributed by atoms with Crippen molar-refractivity contribution in [2.75, 3.05) is 5.32 Å². The van der Waals surface area contributed by atoms with E-state index in [1.807, 2.05) is 42.0 Å². The maximum absolute atomic E-state index is 11.4. The van der Waals surface area contributed by atoms with Crippen molar-refractivity contribution < 1.29 is 9.90 Å². The molecule has 0 unspecified atom stereocenters. The number of rotatable bonds is 5. The predicted octanol–water partition coefficient (Wildman–Crippen LogP) is 4.54. The first kappa shape index (κ1) is 17.6. The van der Waals surface area contributed by atoms with Gasteiger partial charge in [-0.2, -0.15) is 0 Å². The first-order chi connectivity index (χ1) is 12.5. The zero-order valence-electron chi connectivity index (χ0n) is 14.0. The van der Waals surface area contributed by atoms with Gasteiger partial charge in [-0.15, -0.1) is 0 Å². The fourth-order valence-corrected chi connectivity index (χ4v) is 2.79. The Labute approximate surface area is 155 Å². The number of aromatic carboxylic acids is 1. The van der Waals surface area contributed by atoms with Gasteiger partial charge in [0.2, 0.25) is 0 Å². The van der Waals surface area contributed by atoms with Gasteiger partial charge in [0, 0.05) is 28.5 Å². The molecular formula is C19H17ClN4O2. The van der Waals surface area contributed by atoms with Crippen molar-refractivity contribution in [2.45, 2.75) is 6.92 Å². The molecule has 2 aromatic carbocycles. The summed E-state index contributed by atoms with van der Waals surface area (Å²) in [5.74, 6) is -0.540. The van der Waals surface area contributed by atoms with Gasteiger partial charge in [-0.25, -0.2) is 4.79 Å². The van der Waals surface area contributed by atoms with Crippen LogP contribution < -0.4 is 11.1 Å². The van der Waals surface area contributed by atoms with Gasteiger partial charge in [0.1, 0.15) is 5.82 Å². The number of nitrogens with one attached hydrogen (secondary N) is 1. The summed E-state index contributed by atoms with van der Waals surface area (Å²) in [6.45, 7) is 1.82. The molecule has 0 aliphatic rings. The first-order valence-corrected chi connectivity index (χ1v) is 8.22. The predicted molar refractivity (Wildman–Crippen MR) is 106 cm³/mol. The van der Waals surface area contributed by atoms with Crippen LogP contribution >= 0.6 is 11.6 Å². The van der Waals surface area contributed by atoms with Crippen LogP contribution in [0.5, 0.6) is 0 Å². The summed E-state index contributed by atoms with van der Waals surface area (Å²) in [6.07, 6.45) is 5.10. The van der Waals surface area contributed by atoms with E-state index in [-0.39, 0.29) is 5.56 Å². The van der Waals surface area contributed by atoms with Gasteiger partial charge in [-0.1, -0.05) is 11.6 Å². The molecule has 0 bridgehead atoms. The van der Waals surface area contributed by atoms with Crippen molar-refractivity contribution >= 4 is 51.9 Å². The number of benzene rings is 2. The van der Waals surface area contributed by atoms with Gasteiger partial charge >= 0.3 is 5.97 Å². The maximum atomic E-state index is 11.4. The summed E-state index contributed by atoms with van der Waals surface area (Å²) in [6, 6.07) is 12.3. The van der Waals surface area contributed by atoms with Crippen LogP contribution in [0, 0.1) is 0 Å². The van der Waals surface area contributed by atoms with E-state index in [9.17, 15) is 9.90 Å². The minimum Gasteiger partial charge on any atom is -0.478 e. The topological polar surface area (TPSA) is 92.6 Å². The van der Waals surface area contributed by atoms with Crippen LogP contribution in [0.25, 0.3) is 16.7 Å². The molecule has 3 aromatic rings. The van der Waals surface area contributed by atoms with Crippen molar-refractivity contribution in [2.24, 2.45) is 10.7 Å². The number of aromatic nitrogens is 1. The summed E-state index contributed by atoms with van der Waals surface area (Å²) >= 11 is 5.89. The molecule has 0 atom stereocenters. The molecule has 0 radical (unpaired) electrons. The number of nitrogens with zero attached hydrogens (tertiary/aromatic N) is 2. The van der Waals surface area contributed by atoms with Crippen LogP contribution in [-0.2, 0) is 0 Å². The number of aliphatic imine (C=N–C) groups is 1. The molecule has 0 aliphatic carbocycles. The normalized spacial score (nSPS) is 12.0. The third-order valence-corrected chi connectivity index (χ3v) is 4.05. The zero-order valence-corrected chi connectivity index (χ0v) is 14.7. The monoisotopic (exact) mass is 368 g/mol. The van der Waals surface area contributed by atoms with Crippen LogP contribution in [0.1, 0.15) is 17.3 Å². The molecule has 0 amide bonds. The van der Waals surface area contributed by atoms with E-state index in [1.54, 1.807) is 24.5 Å². The second kappa shape index (κ2) is 7.33. The molecule has 0 fully saturated rings. The van der Waals surface area contributed by atoms with E-state index in [4.69, 9.17) is 17.3 Å². The molecular weight excluding hydrogens is 352 g/mol. The van der Waals surface area contributed by atoms with Crippen LogP contribution in [0.2, 0.25) is 5.02 Å². The number of nitrogens with two attached hydrogens (primary N) is 1. The van der Waals surface area contributed by atoms with E-state index in [0.717, 1.165) is 16.6 Å². The van der Waals surface area contributed by atoms with E-state index >= 15 is 0 Å². The van der Waals surface area contributed by atoms with Gasteiger partial charge < -0.3 is 20.7 Å². The van der Waals surface area contributed by atoms with Crippen molar-refractivity contribution in [1.82, 2.24) is 4.57 Å². The highest BCUT2D eigenvalue weighted by Crippen LogP contribution is 2.27. The molecule has 6 nitrogen and oxygen atoms in total. The van der Waals surface area contributed by atoms with Crippen molar-refractivity contribution in [3.63, 3.8) is 0 Å². The molecule has 26 heavy (non-hydrogen) atoms. The Balaban J connectivity index is 1.95. The number of carboxylic acid groups (broad SMARTS) is 1. The number of carboxylic acids is 1. The summed E-state index contributed by atoms with van der Waals surface area (Å²) < 4.78 is 1.83. The average molecular weight is 369 g/mol. The van der Waals surface area contributed by atoms with Gasteiger partial charge in [0.25, 0.3) is 0 Å². The molecule has 0 aliphatic heterocycles. The highest BCUT2D eigenvalue weighted by atomic mass is 35.5. The molecule has 3 rings (SSSR count). The quantitative estimate of drug-likeness (QED) is 0.576. The number of halogens is 1. The second-order valence-corrected chi connectivity index (χ2v) is 5.98. The van der Waals surface area contributed by atoms with E-state index in [0.29, 0.717) is 16.5 Å². The van der Waals surface area contributed by atoms with Gasteiger partial charge in [-0.3, -0.25) is 4.99 Å². The molecule has 0 saturated heterocycles. The minimum atomic E-state index is -1.04. The summed E-state index contributed by atoms with van der Waals surface area (Å²) in [7, 11) is 0. The lowest BCUT2D eigenvalue weighted by Crippen LogP contribution is -2.04. The Morgan fingerprint density at radius 1 is 1.27 bits per heavy atom. The number of anilines is 2. The van der Waals surface area contributed by atoms with Crippen molar-refractivity contribution in [3.05, 3.63) is 65.4 Å². The van der Waals surface area contributed by atoms with Gasteiger partial charge in [-0.05, 0) is 49.4 Å². The van der Waals surface area contributed by atoms with Crippen LogP contribution in [0.4, 0.5) is 11.4 Å². The second-order valence-electron chi connectivity index (χ2n) is 5.54. The molecule has 132 valence electrons. The third-order valence-electron chi connectivity index (χ3n) is 3.82. The van der Waals surface area contributed by atoms with Crippen molar-refractivity contribution in [1.29, 1.82) is 0 Å². The number of hydrogen-bond acceptors (Lipinski definition) is 4. The van der Waals surface area contributed by atoms with Gasteiger partial charge in [0.05, 0.1) is 23.0 Å². The Kier molecular flexibility index (Phi) is 4.95. The smallest absolute Gasteiger partial charge is 0.337 e. The molecule has 1 heterocycles. The van der Waals surface area contributed by atoms with E-state index < -0.39 is 5.97 Å². The minimum absolute atomic E-state index is 0.111. The fraction of sp³-hybridized carbons (Fsp3) is 0.0526. The van der Waals surface area contributed by atoms with Crippen LogP contribution in [0.15, 0.2) is 59.9 Å². The summed E-state index contributed by atoms with van der Waals surface area (Å²) in [4.78, 5) is 15.4. The lowest BCUT2D eigenvalue weighted by Gasteiger charge is -2.11. The molecule has 0 saturated carbocycles. The molecule has 7 heteroatoms. The highest BCUT2D eigenvalue weighted by molar-refractivity contribution is 6.31. The van der Waals surface area contributed by atoms with Crippen LogP contribution in [-0.4, -0.2) is 21.9 Å². The van der Waals surface area contributed by atoms with E-state index in [2.05, 4.69) is 10.3 Å². The largest absolute Gasteiger partial charge is 0.478 e.